The molecule has 1 saturated heterocycles. The number of piperazine rings is 1. The standard InChI is InChI=1S/C18H16Cl2N4OS/c19-13-9-12(10-21-17(13)20)18(25)24-7-5-23(6-8-24)11-16-22-14-3-1-2-4-15(14)26-16/h1-4,9-10H,5-8,11H2. The van der Waals surface area contributed by atoms with Crippen LogP contribution >= 0.6 is 34.5 Å². The third-order valence-electron chi connectivity index (χ3n) is 4.40. The maximum Gasteiger partial charge on any atom is 0.255 e. The van der Waals surface area contributed by atoms with Gasteiger partial charge in [0.1, 0.15) is 10.2 Å². The Morgan fingerprint density at radius 3 is 2.65 bits per heavy atom. The Labute approximate surface area is 165 Å². The number of benzene rings is 1. The van der Waals surface area contributed by atoms with E-state index < -0.39 is 0 Å². The smallest absolute Gasteiger partial charge is 0.255 e. The van der Waals surface area contributed by atoms with Gasteiger partial charge in [0, 0.05) is 32.4 Å². The van der Waals surface area contributed by atoms with Crippen LogP contribution in [0.1, 0.15) is 15.4 Å². The van der Waals surface area contributed by atoms with E-state index in [0.29, 0.717) is 23.7 Å². The van der Waals surface area contributed by atoms with Crippen LogP contribution in [0.15, 0.2) is 36.5 Å². The minimum absolute atomic E-state index is 0.0595. The van der Waals surface area contributed by atoms with Crippen molar-refractivity contribution in [2.45, 2.75) is 6.54 Å². The van der Waals surface area contributed by atoms with E-state index in [2.05, 4.69) is 20.9 Å². The van der Waals surface area contributed by atoms with Gasteiger partial charge in [-0.3, -0.25) is 9.69 Å². The quantitative estimate of drug-likeness (QED) is 0.617. The van der Waals surface area contributed by atoms with E-state index in [1.54, 1.807) is 17.4 Å². The zero-order valence-electron chi connectivity index (χ0n) is 13.9. The van der Waals surface area contributed by atoms with Gasteiger partial charge in [0.25, 0.3) is 5.91 Å². The van der Waals surface area contributed by atoms with Crippen molar-refractivity contribution in [2.24, 2.45) is 0 Å². The largest absolute Gasteiger partial charge is 0.336 e. The van der Waals surface area contributed by atoms with Crippen molar-refractivity contribution in [2.75, 3.05) is 26.2 Å². The van der Waals surface area contributed by atoms with Crippen molar-refractivity contribution in [1.82, 2.24) is 19.8 Å². The summed E-state index contributed by atoms with van der Waals surface area (Å²) in [6, 6.07) is 9.75. The molecular formula is C18H16Cl2N4OS. The van der Waals surface area contributed by atoms with Gasteiger partial charge in [-0.05, 0) is 18.2 Å². The van der Waals surface area contributed by atoms with Crippen LogP contribution in [-0.2, 0) is 6.54 Å². The summed E-state index contributed by atoms with van der Waals surface area (Å²) in [5.74, 6) is -0.0595. The molecule has 2 aromatic heterocycles. The van der Waals surface area contributed by atoms with Gasteiger partial charge >= 0.3 is 0 Å². The third kappa shape index (κ3) is 3.69. The van der Waals surface area contributed by atoms with Crippen molar-refractivity contribution >= 4 is 50.7 Å². The first-order chi connectivity index (χ1) is 12.6. The van der Waals surface area contributed by atoms with E-state index in [4.69, 9.17) is 23.2 Å². The number of pyridine rings is 1. The SMILES string of the molecule is O=C(c1cnc(Cl)c(Cl)c1)N1CCN(Cc2nc3ccccc3s2)CC1. The summed E-state index contributed by atoms with van der Waals surface area (Å²) in [6.07, 6.45) is 1.48. The minimum atomic E-state index is -0.0595. The number of carbonyl (C=O) groups excluding carboxylic acids is 1. The van der Waals surface area contributed by atoms with Crippen LogP contribution in [0.5, 0.6) is 0 Å². The zero-order valence-corrected chi connectivity index (χ0v) is 16.2. The predicted octanol–water partition coefficient (Wildman–Crippen LogP) is 3.96. The van der Waals surface area contributed by atoms with Crippen LogP contribution in [0, 0.1) is 0 Å². The summed E-state index contributed by atoms with van der Waals surface area (Å²) >= 11 is 13.5. The zero-order chi connectivity index (χ0) is 18.1. The molecule has 26 heavy (non-hydrogen) atoms. The van der Waals surface area contributed by atoms with Crippen LogP contribution in [0.2, 0.25) is 10.2 Å². The highest BCUT2D eigenvalue weighted by Crippen LogP contribution is 2.24. The van der Waals surface area contributed by atoms with Crippen LogP contribution < -0.4 is 0 Å². The van der Waals surface area contributed by atoms with E-state index in [-0.39, 0.29) is 11.1 Å². The number of aromatic nitrogens is 2. The third-order valence-corrected chi connectivity index (χ3v) is 6.11. The number of amides is 1. The number of carbonyl (C=O) groups is 1. The van der Waals surface area contributed by atoms with Gasteiger partial charge in [0.15, 0.2) is 0 Å². The molecule has 3 heterocycles. The van der Waals surface area contributed by atoms with Crippen molar-refractivity contribution in [1.29, 1.82) is 0 Å². The second kappa shape index (κ2) is 7.48. The molecular weight excluding hydrogens is 391 g/mol. The topological polar surface area (TPSA) is 49.3 Å². The fourth-order valence-electron chi connectivity index (χ4n) is 3.01. The summed E-state index contributed by atoms with van der Waals surface area (Å²) in [7, 11) is 0. The molecule has 134 valence electrons. The molecule has 3 aromatic rings. The summed E-state index contributed by atoms with van der Waals surface area (Å²) in [5, 5.41) is 1.62. The fourth-order valence-corrected chi connectivity index (χ4v) is 4.29. The van der Waals surface area contributed by atoms with Gasteiger partial charge in [-0.1, -0.05) is 35.3 Å². The van der Waals surface area contributed by atoms with E-state index in [9.17, 15) is 4.79 Å². The van der Waals surface area contributed by atoms with E-state index in [0.717, 1.165) is 30.2 Å². The number of hydrogen-bond donors (Lipinski definition) is 0. The highest BCUT2D eigenvalue weighted by atomic mass is 35.5. The number of fused-ring (bicyclic) bond motifs is 1. The Balaban J connectivity index is 1.37. The van der Waals surface area contributed by atoms with Crippen molar-refractivity contribution < 1.29 is 4.79 Å². The maximum absolute atomic E-state index is 12.6. The first kappa shape index (κ1) is 17.7. The first-order valence-electron chi connectivity index (χ1n) is 8.27. The molecule has 8 heteroatoms. The van der Waals surface area contributed by atoms with Gasteiger partial charge < -0.3 is 4.90 Å². The highest BCUT2D eigenvalue weighted by Gasteiger charge is 2.23. The predicted molar refractivity (Wildman–Crippen MR) is 105 cm³/mol. The molecule has 4 rings (SSSR count). The lowest BCUT2D eigenvalue weighted by Gasteiger charge is -2.34. The van der Waals surface area contributed by atoms with Crippen LogP contribution in [0.4, 0.5) is 0 Å². The van der Waals surface area contributed by atoms with Crippen molar-refractivity contribution in [3.63, 3.8) is 0 Å². The lowest BCUT2D eigenvalue weighted by molar-refractivity contribution is 0.0628. The average molecular weight is 407 g/mol. The molecule has 1 fully saturated rings. The molecule has 1 aliphatic heterocycles. The van der Waals surface area contributed by atoms with Crippen molar-refractivity contribution in [3.05, 3.63) is 57.3 Å². The monoisotopic (exact) mass is 406 g/mol. The summed E-state index contributed by atoms with van der Waals surface area (Å²) in [4.78, 5) is 25.4. The molecule has 0 unspecified atom stereocenters. The Hall–Kier alpha value is -1.73. The highest BCUT2D eigenvalue weighted by molar-refractivity contribution is 7.18. The molecule has 0 aliphatic carbocycles. The van der Waals surface area contributed by atoms with Gasteiger partial charge in [0.2, 0.25) is 0 Å². The van der Waals surface area contributed by atoms with Crippen LogP contribution in [-0.4, -0.2) is 51.9 Å². The van der Waals surface area contributed by atoms with E-state index in [1.807, 2.05) is 23.1 Å². The Kier molecular flexibility index (Phi) is 5.09. The summed E-state index contributed by atoms with van der Waals surface area (Å²) < 4.78 is 1.21. The molecule has 0 atom stereocenters. The molecule has 5 nitrogen and oxygen atoms in total. The fraction of sp³-hybridized carbons (Fsp3) is 0.278. The molecule has 0 radical (unpaired) electrons. The van der Waals surface area contributed by atoms with Crippen LogP contribution in [0.3, 0.4) is 0 Å². The van der Waals surface area contributed by atoms with Gasteiger partial charge in [-0.15, -0.1) is 11.3 Å². The Bertz CT molecular complexity index is 920. The van der Waals surface area contributed by atoms with Gasteiger partial charge in [0.05, 0.1) is 27.3 Å². The Morgan fingerprint density at radius 2 is 1.92 bits per heavy atom. The van der Waals surface area contributed by atoms with Crippen LogP contribution in [0.25, 0.3) is 10.2 Å². The number of nitrogens with zero attached hydrogens (tertiary/aromatic N) is 4. The van der Waals surface area contributed by atoms with Gasteiger partial charge in [-0.2, -0.15) is 0 Å². The number of thiazole rings is 1. The molecule has 0 saturated carbocycles. The average Bonchev–Trinajstić information content (AvgIpc) is 3.06. The summed E-state index contributed by atoms with van der Waals surface area (Å²) in [5.41, 5.74) is 1.52. The lowest BCUT2D eigenvalue weighted by Crippen LogP contribution is -2.48. The number of rotatable bonds is 3. The Morgan fingerprint density at radius 1 is 1.15 bits per heavy atom. The molecule has 1 amide bonds. The van der Waals surface area contributed by atoms with E-state index >= 15 is 0 Å². The maximum atomic E-state index is 12.6. The lowest BCUT2D eigenvalue weighted by atomic mass is 10.2. The summed E-state index contributed by atoms with van der Waals surface area (Å²) in [6.45, 7) is 3.79. The van der Waals surface area contributed by atoms with Gasteiger partial charge in [-0.25, -0.2) is 9.97 Å². The molecule has 1 aliphatic rings. The first-order valence-corrected chi connectivity index (χ1v) is 9.84. The van der Waals surface area contributed by atoms with E-state index in [1.165, 1.54) is 10.9 Å². The molecule has 0 bridgehead atoms. The second-order valence-electron chi connectivity index (χ2n) is 6.14. The number of halogens is 2. The molecule has 1 aromatic carbocycles. The normalized spacial score (nSPS) is 15.5. The molecule has 0 N–H and O–H groups in total. The van der Waals surface area contributed by atoms with Crippen molar-refractivity contribution in [3.8, 4) is 0 Å². The number of hydrogen-bond acceptors (Lipinski definition) is 5. The number of para-hydroxylation sites is 1. The minimum Gasteiger partial charge on any atom is -0.336 e. The molecule has 0 spiro atoms. The second-order valence-corrected chi connectivity index (χ2v) is 8.02.